The first-order chi connectivity index (χ1) is 14.3. The van der Waals surface area contributed by atoms with Gasteiger partial charge in [-0.1, -0.05) is 121 Å². The van der Waals surface area contributed by atoms with Crippen molar-refractivity contribution < 1.29 is 4.48 Å². The van der Waals surface area contributed by atoms with Crippen molar-refractivity contribution in [3.8, 4) is 0 Å². The average Bonchev–Trinajstić information content (AvgIpc) is 2.74. The molecule has 0 fully saturated rings. The molecule has 168 valence electrons. The van der Waals surface area contributed by atoms with Crippen molar-refractivity contribution >= 4 is 0 Å². The molecular formula is C28H52N+. The van der Waals surface area contributed by atoms with Gasteiger partial charge in [0.25, 0.3) is 0 Å². The summed E-state index contributed by atoms with van der Waals surface area (Å²) in [4.78, 5) is 0. The van der Waals surface area contributed by atoms with Gasteiger partial charge < -0.3 is 4.48 Å². The minimum absolute atomic E-state index is 1.21. The molecule has 0 N–H and O–H groups in total. The molecule has 1 nitrogen and oxygen atoms in total. The normalized spacial score (nSPS) is 13.5. The lowest BCUT2D eigenvalue weighted by atomic mass is 10.0. The van der Waals surface area contributed by atoms with Crippen LogP contribution in [0.1, 0.15) is 123 Å². The molecule has 1 unspecified atom stereocenters. The standard InChI is InChI=1S/C28H52N/c1-4-7-8-9-10-11-12-13-14-15-16-17-18-22-26-29(6-3,25-5-2)27-28-23-20-19-21-24-28/h19-21,23-24H,4-18,22,25-27H2,1-3H3/q+1. The summed E-state index contributed by atoms with van der Waals surface area (Å²) in [5.41, 5.74) is 1.51. The van der Waals surface area contributed by atoms with Gasteiger partial charge in [-0.3, -0.25) is 0 Å². The zero-order chi connectivity index (χ0) is 21.0. The quantitative estimate of drug-likeness (QED) is 0.151. The molecular weight excluding hydrogens is 350 g/mol. The third-order valence-corrected chi connectivity index (χ3v) is 6.72. The van der Waals surface area contributed by atoms with Gasteiger partial charge in [-0.15, -0.1) is 0 Å². The van der Waals surface area contributed by atoms with E-state index in [2.05, 4.69) is 51.1 Å². The number of hydrogen-bond acceptors (Lipinski definition) is 0. The van der Waals surface area contributed by atoms with Crippen LogP contribution in [-0.2, 0) is 6.54 Å². The fourth-order valence-electron chi connectivity index (χ4n) is 4.78. The molecule has 0 saturated heterocycles. The zero-order valence-electron chi connectivity index (χ0n) is 20.3. The van der Waals surface area contributed by atoms with Gasteiger partial charge in [-0.25, -0.2) is 0 Å². The van der Waals surface area contributed by atoms with E-state index in [1.54, 1.807) is 0 Å². The van der Waals surface area contributed by atoms with Gasteiger partial charge >= 0.3 is 0 Å². The predicted molar refractivity (Wildman–Crippen MR) is 131 cm³/mol. The fourth-order valence-corrected chi connectivity index (χ4v) is 4.78. The molecule has 1 heteroatoms. The van der Waals surface area contributed by atoms with E-state index in [1.807, 2.05) is 0 Å². The molecule has 0 aromatic heterocycles. The zero-order valence-corrected chi connectivity index (χ0v) is 20.3. The van der Waals surface area contributed by atoms with Crippen LogP contribution in [0.2, 0.25) is 0 Å². The number of quaternary nitrogens is 1. The van der Waals surface area contributed by atoms with E-state index >= 15 is 0 Å². The number of hydrogen-bond donors (Lipinski definition) is 0. The highest BCUT2D eigenvalue weighted by Crippen LogP contribution is 2.19. The Kier molecular flexibility index (Phi) is 16.3. The van der Waals surface area contributed by atoms with Crippen LogP contribution in [0, 0.1) is 0 Å². The van der Waals surface area contributed by atoms with Gasteiger partial charge in [0.05, 0.1) is 19.6 Å². The molecule has 0 aliphatic heterocycles. The average molecular weight is 403 g/mol. The summed E-state index contributed by atoms with van der Waals surface area (Å²) < 4.78 is 1.28. The molecule has 0 aliphatic carbocycles. The first kappa shape index (κ1) is 26.2. The van der Waals surface area contributed by atoms with Crippen LogP contribution in [0.4, 0.5) is 0 Å². The highest BCUT2D eigenvalue weighted by Gasteiger charge is 2.24. The monoisotopic (exact) mass is 402 g/mol. The SMILES string of the molecule is CCCCCCCCCCCCCCCC[N+](CC)(CCC)Cc1ccccc1. The van der Waals surface area contributed by atoms with Gasteiger partial charge in [0.1, 0.15) is 6.54 Å². The van der Waals surface area contributed by atoms with Gasteiger partial charge in [-0.2, -0.15) is 0 Å². The van der Waals surface area contributed by atoms with Crippen LogP contribution in [0.15, 0.2) is 30.3 Å². The summed E-state index contributed by atoms with van der Waals surface area (Å²) >= 11 is 0. The summed E-state index contributed by atoms with van der Waals surface area (Å²) in [6.45, 7) is 12.2. The van der Waals surface area contributed by atoms with Gasteiger partial charge in [-0.05, 0) is 26.2 Å². The van der Waals surface area contributed by atoms with Crippen molar-refractivity contribution in [2.24, 2.45) is 0 Å². The molecule has 0 bridgehead atoms. The maximum atomic E-state index is 2.39. The molecule has 0 aliphatic rings. The molecule has 0 spiro atoms. The maximum Gasteiger partial charge on any atom is 0.104 e. The third kappa shape index (κ3) is 13.2. The van der Waals surface area contributed by atoms with Crippen molar-refractivity contribution in [3.05, 3.63) is 35.9 Å². The lowest BCUT2D eigenvalue weighted by molar-refractivity contribution is -0.939. The maximum absolute atomic E-state index is 2.39. The summed E-state index contributed by atoms with van der Waals surface area (Å²) in [5, 5.41) is 0. The van der Waals surface area contributed by atoms with E-state index in [9.17, 15) is 0 Å². The van der Waals surface area contributed by atoms with Crippen LogP contribution in [0.25, 0.3) is 0 Å². The number of benzene rings is 1. The molecule has 29 heavy (non-hydrogen) atoms. The molecule has 0 amide bonds. The minimum Gasteiger partial charge on any atom is -0.320 e. The smallest absolute Gasteiger partial charge is 0.104 e. The Hall–Kier alpha value is -0.820. The molecule has 0 saturated carbocycles. The van der Waals surface area contributed by atoms with E-state index in [1.165, 1.54) is 133 Å². The van der Waals surface area contributed by atoms with Crippen LogP contribution in [-0.4, -0.2) is 24.1 Å². The van der Waals surface area contributed by atoms with E-state index < -0.39 is 0 Å². The Balaban J connectivity index is 2.07. The summed E-state index contributed by atoms with van der Waals surface area (Å²) in [6, 6.07) is 11.1. The van der Waals surface area contributed by atoms with Gasteiger partial charge in [0.2, 0.25) is 0 Å². The van der Waals surface area contributed by atoms with Crippen LogP contribution < -0.4 is 0 Å². The Bertz CT molecular complexity index is 455. The van der Waals surface area contributed by atoms with Crippen molar-refractivity contribution in [2.75, 3.05) is 19.6 Å². The molecule has 1 rings (SSSR count). The van der Waals surface area contributed by atoms with Crippen molar-refractivity contribution in [3.63, 3.8) is 0 Å². The highest BCUT2D eigenvalue weighted by molar-refractivity contribution is 5.13. The largest absolute Gasteiger partial charge is 0.320 e. The molecule has 0 heterocycles. The van der Waals surface area contributed by atoms with E-state index in [0.29, 0.717) is 0 Å². The third-order valence-electron chi connectivity index (χ3n) is 6.72. The number of unbranched alkanes of at least 4 members (excludes halogenated alkanes) is 13. The second-order valence-corrected chi connectivity index (χ2v) is 9.34. The topological polar surface area (TPSA) is 0 Å². The van der Waals surface area contributed by atoms with Crippen molar-refractivity contribution in [2.45, 2.75) is 124 Å². The summed E-state index contributed by atoms with van der Waals surface area (Å²) in [6.07, 6.45) is 21.5. The number of rotatable bonds is 20. The fraction of sp³-hybridized carbons (Fsp3) is 0.786. The van der Waals surface area contributed by atoms with Crippen LogP contribution >= 0.6 is 0 Å². The van der Waals surface area contributed by atoms with Crippen molar-refractivity contribution in [1.82, 2.24) is 0 Å². The second-order valence-electron chi connectivity index (χ2n) is 9.34. The minimum atomic E-state index is 1.21. The van der Waals surface area contributed by atoms with E-state index in [4.69, 9.17) is 0 Å². The van der Waals surface area contributed by atoms with Gasteiger partial charge in [0.15, 0.2) is 0 Å². The first-order valence-corrected chi connectivity index (χ1v) is 13.2. The Morgan fingerprint density at radius 2 is 1.00 bits per heavy atom. The predicted octanol–water partition coefficient (Wildman–Crippen LogP) is 8.91. The summed E-state index contributed by atoms with van der Waals surface area (Å²) in [7, 11) is 0. The summed E-state index contributed by atoms with van der Waals surface area (Å²) in [5.74, 6) is 0. The lowest BCUT2D eigenvalue weighted by Gasteiger charge is -2.38. The Morgan fingerprint density at radius 3 is 1.45 bits per heavy atom. The number of nitrogens with zero attached hydrogens (tertiary/aromatic N) is 1. The van der Waals surface area contributed by atoms with Crippen LogP contribution in [0.5, 0.6) is 0 Å². The van der Waals surface area contributed by atoms with Gasteiger partial charge in [0, 0.05) is 5.56 Å². The van der Waals surface area contributed by atoms with Crippen LogP contribution in [0.3, 0.4) is 0 Å². The lowest BCUT2D eigenvalue weighted by Crippen LogP contribution is -2.48. The second kappa shape index (κ2) is 18.0. The molecule has 1 aromatic carbocycles. The first-order valence-electron chi connectivity index (χ1n) is 13.2. The highest BCUT2D eigenvalue weighted by atomic mass is 15.3. The van der Waals surface area contributed by atoms with E-state index in [0.717, 1.165) is 0 Å². The molecule has 0 radical (unpaired) electrons. The Labute approximate surface area is 183 Å². The van der Waals surface area contributed by atoms with Crippen molar-refractivity contribution in [1.29, 1.82) is 0 Å². The van der Waals surface area contributed by atoms with E-state index in [-0.39, 0.29) is 0 Å². The molecule has 1 atom stereocenters. The Morgan fingerprint density at radius 1 is 0.517 bits per heavy atom. The molecule has 1 aromatic rings.